The molecule has 1 rings (SSSR count). The largest absolute Gasteiger partial charge is 0.508 e. The van der Waals surface area contributed by atoms with Crippen LogP contribution in [0.1, 0.15) is 37.0 Å². The number of carbonyl (C=O) groups excluding carboxylic acids is 1. The molecule has 1 aromatic rings. The summed E-state index contributed by atoms with van der Waals surface area (Å²) in [4.78, 5) is 14.3. The van der Waals surface area contributed by atoms with Crippen molar-refractivity contribution in [2.45, 2.75) is 32.7 Å². The average molecular weight is 314 g/mol. The number of hydrogen-bond acceptors (Lipinski definition) is 2. The highest BCUT2D eigenvalue weighted by atomic mass is 79.9. The van der Waals surface area contributed by atoms with Crippen LogP contribution in [0.15, 0.2) is 24.3 Å². The Morgan fingerprint density at radius 3 is 2.56 bits per heavy atom. The number of alkyl halides is 1. The van der Waals surface area contributed by atoms with E-state index >= 15 is 0 Å². The van der Waals surface area contributed by atoms with Gasteiger partial charge >= 0.3 is 0 Å². The van der Waals surface area contributed by atoms with E-state index < -0.39 is 0 Å². The van der Waals surface area contributed by atoms with Gasteiger partial charge < -0.3 is 10.0 Å². The fourth-order valence-electron chi connectivity index (χ4n) is 2.08. The minimum atomic E-state index is -0.0148. The maximum atomic E-state index is 12.4. The molecule has 0 aliphatic heterocycles. The minimum Gasteiger partial charge on any atom is -0.508 e. The number of benzene rings is 1. The normalized spacial score (nSPS) is 10.7. The van der Waals surface area contributed by atoms with Gasteiger partial charge in [0, 0.05) is 23.5 Å². The first kappa shape index (κ1) is 15.0. The van der Waals surface area contributed by atoms with Gasteiger partial charge in [0.2, 0.25) is 0 Å². The summed E-state index contributed by atoms with van der Waals surface area (Å²) in [7, 11) is 0. The van der Waals surface area contributed by atoms with E-state index in [9.17, 15) is 9.90 Å². The third-order valence-corrected chi connectivity index (χ3v) is 3.42. The second-order valence-corrected chi connectivity index (χ2v) is 5.00. The molecule has 0 bridgehead atoms. The molecular formula is C14H20BrNO2. The molecule has 100 valence electrons. The van der Waals surface area contributed by atoms with Gasteiger partial charge in [-0.3, -0.25) is 4.79 Å². The number of nitrogens with zero attached hydrogens (tertiary/aromatic N) is 1. The number of carbonyl (C=O) groups is 1. The van der Waals surface area contributed by atoms with Crippen molar-refractivity contribution < 1.29 is 9.90 Å². The van der Waals surface area contributed by atoms with Crippen molar-refractivity contribution in [2.24, 2.45) is 0 Å². The van der Waals surface area contributed by atoms with Crippen molar-refractivity contribution in [1.82, 2.24) is 4.90 Å². The topological polar surface area (TPSA) is 40.5 Å². The van der Waals surface area contributed by atoms with Crippen molar-refractivity contribution in [3.63, 3.8) is 0 Å². The molecule has 0 fully saturated rings. The average Bonchev–Trinajstić information content (AvgIpc) is 2.38. The monoisotopic (exact) mass is 313 g/mol. The second kappa shape index (κ2) is 7.41. The van der Waals surface area contributed by atoms with E-state index in [1.807, 2.05) is 4.90 Å². The molecule has 0 saturated heterocycles. The Morgan fingerprint density at radius 1 is 1.39 bits per heavy atom. The van der Waals surface area contributed by atoms with Gasteiger partial charge in [-0.1, -0.05) is 35.8 Å². The summed E-state index contributed by atoms with van der Waals surface area (Å²) in [5, 5.41) is 10.2. The number of amides is 1. The highest BCUT2D eigenvalue weighted by Crippen LogP contribution is 2.17. The summed E-state index contributed by atoms with van der Waals surface area (Å²) < 4.78 is 0. The number of phenols is 1. The van der Waals surface area contributed by atoms with Gasteiger partial charge in [0.15, 0.2) is 0 Å². The van der Waals surface area contributed by atoms with Crippen LogP contribution >= 0.6 is 15.9 Å². The Morgan fingerprint density at radius 2 is 2.06 bits per heavy atom. The van der Waals surface area contributed by atoms with E-state index in [2.05, 4.69) is 29.8 Å². The number of hydrogen-bond donors (Lipinski definition) is 1. The lowest BCUT2D eigenvalue weighted by Crippen LogP contribution is -2.41. The zero-order valence-electron chi connectivity index (χ0n) is 10.9. The molecule has 0 saturated carbocycles. The van der Waals surface area contributed by atoms with Crippen molar-refractivity contribution in [1.29, 1.82) is 0 Å². The van der Waals surface area contributed by atoms with Crippen LogP contribution in [0, 0.1) is 0 Å². The van der Waals surface area contributed by atoms with Crippen LogP contribution in [0.25, 0.3) is 0 Å². The van der Waals surface area contributed by atoms with Gasteiger partial charge in [-0.05, 0) is 31.0 Å². The highest BCUT2D eigenvalue weighted by Gasteiger charge is 2.21. The van der Waals surface area contributed by atoms with Gasteiger partial charge in [0.05, 0.1) is 0 Å². The van der Waals surface area contributed by atoms with Crippen LogP contribution < -0.4 is 0 Å². The maximum Gasteiger partial charge on any atom is 0.254 e. The lowest BCUT2D eigenvalue weighted by atomic mass is 10.1. The Balaban J connectivity index is 2.95. The third-order valence-electron chi connectivity index (χ3n) is 3.06. The third kappa shape index (κ3) is 3.73. The lowest BCUT2D eigenvalue weighted by Gasteiger charge is -2.30. The van der Waals surface area contributed by atoms with Crippen molar-refractivity contribution in [2.75, 3.05) is 11.9 Å². The van der Waals surface area contributed by atoms with Gasteiger partial charge in [-0.15, -0.1) is 0 Å². The van der Waals surface area contributed by atoms with Crippen molar-refractivity contribution in [3.05, 3.63) is 29.8 Å². The summed E-state index contributed by atoms with van der Waals surface area (Å²) in [5.41, 5.74) is 0.544. The maximum absolute atomic E-state index is 12.4. The molecule has 0 atom stereocenters. The van der Waals surface area contributed by atoms with Gasteiger partial charge in [-0.2, -0.15) is 0 Å². The lowest BCUT2D eigenvalue weighted by molar-refractivity contribution is 0.0682. The quantitative estimate of drug-likeness (QED) is 0.817. The molecule has 18 heavy (non-hydrogen) atoms. The van der Waals surface area contributed by atoms with Gasteiger partial charge in [0.25, 0.3) is 5.91 Å². The Bertz CT molecular complexity index is 391. The van der Waals surface area contributed by atoms with Crippen LogP contribution in [0.2, 0.25) is 0 Å². The molecule has 0 heterocycles. The van der Waals surface area contributed by atoms with Crippen molar-refractivity contribution >= 4 is 21.8 Å². The summed E-state index contributed by atoms with van der Waals surface area (Å²) in [6, 6.07) is 6.78. The SMILES string of the molecule is CCC(CC)N(CCBr)C(=O)c1cccc(O)c1. The van der Waals surface area contributed by atoms with Crippen LogP contribution in [0.5, 0.6) is 5.75 Å². The summed E-state index contributed by atoms with van der Waals surface area (Å²) in [6.45, 7) is 4.86. The minimum absolute atomic E-state index is 0.0148. The van der Waals surface area contributed by atoms with E-state index in [1.165, 1.54) is 6.07 Å². The van der Waals surface area contributed by atoms with Crippen LogP contribution in [0.4, 0.5) is 0 Å². The Kier molecular flexibility index (Phi) is 6.19. The molecule has 0 spiro atoms. The van der Waals surface area contributed by atoms with E-state index in [0.29, 0.717) is 12.1 Å². The molecule has 3 nitrogen and oxygen atoms in total. The summed E-state index contributed by atoms with van der Waals surface area (Å²) in [5.74, 6) is 0.114. The number of aromatic hydroxyl groups is 1. The highest BCUT2D eigenvalue weighted by molar-refractivity contribution is 9.09. The van der Waals surface area contributed by atoms with Crippen LogP contribution in [-0.2, 0) is 0 Å². The summed E-state index contributed by atoms with van der Waals surface area (Å²) in [6.07, 6.45) is 1.88. The standard InChI is InChI=1S/C14H20BrNO2/c1-3-12(4-2)16(9-8-15)14(18)11-6-5-7-13(17)10-11/h5-7,10,12,17H,3-4,8-9H2,1-2H3. The van der Waals surface area contributed by atoms with Gasteiger partial charge in [0.1, 0.15) is 5.75 Å². The zero-order chi connectivity index (χ0) is 13.5. The molecule has 0 unspecified atom stereocenters. The smallest absolute Gasteiger partial charge is 0.254 e. The van der Waals surface area contributed by atoms with Gasteiger partial charge in [-0.25, -0.2) is 0 Å². The summed E-state index contributed by atoms with van der Waals surface area (Å²) >= 11 is 3.39. The molecule has 0 radical (unpaired) electrons. The molecule has 1 amide bonds. The molecular weight excluding hydrogens is 294 g/mol. The molecule has 0 aromatic heterocycles. The zero-order valence-corrected chi connectivity index (χ0v) is 12.5. The second-order valence-electron chi connectivity index (χ2n) is 4.21. The fourth-order valence-corrected chi connectivity index (χ4v) is 2.46. The van der Waals surface area contributed by atoms with E-state index in [0.717, 1.165) is 18.2 Å². The first-order valence-corrected chi connectivity index (χ1v) is 7.42. The number of rotatable bonds is 6. The molecule has 1 N–H and O–H groups in total. The van der Waals surface area contributed by atoms with E-state index in [-0.39, 0.29) is 17.7 Å². The first-order chi connectivity index (χ1) is 8.63. The number of halogens is 1. The molecule has 0 aliphatic carbocycles. The molecule has 1 aromatic carbocycles. The Labute approximate surface area is 117 Å². The van der Waals surface area contributed by atoms with E-state index in [4.69, 9.17) is 0 Å². The number of phenolic OH excluding ortho intramolecular Hbond substituents is 1. The van der Waals surface area contributed by atoms with Crippen LogP contribution in [0.3, 0.4) is 0 Å². The first-order valence-electron chi connectivity index (χ1n) is 6.30. The van der Waals surface area contributed by atoms with E-state index in [1.54, 1.807) is 18.2 Å². The predicted molar refractivity (Wildman–Crippen MR) is 77.3 cm³/mol. The Hall–Kier alpha value is -1.03. The molecule has 4 heteroatoms. The van der Waals surface area contributed by atoms with Crippen LogP contribution in [-0.4, -0.2) is 33.8 Å². The van der Waals surface area contributed by atoms with Crippen molar-refractivity contribution in [3.8, 4) is 5.75 Å². The molecule has 0 aliphatic rings. The fraction of sp³-hybridized carbons (Fsp3) is 0.500. The predicted octanol–water partition coefficient (Wildman–Crippen LogP) is 3.42.